The van der Waals surface area contributed by atoms with E-state index in [1.165, 1.54) is 4.90 Å². The minimum Gasteiger partial charge on any atom is -0.481 e. The Morgan fingerprint density at radius 3 is 2.62 bits per heavy atom. The van der Waals surface area contributed by atoms with Crippen LogP contribution >= 0.6 is 23.2 Å². The van der Waals surface area contributed by atoms with Crippen molar-refractivity contribution in [1.82, 2.24) is 10.2 Å². The molecule has 0 bridgehead atoms. The van der Waals surface area contributed by atoms with E-state index in [9.17, 15) is 9.59 Å². The molecule has 1 unspecified atom stereocenters. The lowest BCUT2D eigenvalue weighted by Gasteiger charge is -2.20. The van der Waals surface area contributed by atoms with Crippen molar-refractivity contribution < 1.29 is 14.7 Å². The summed E-state index contributed by atoms with van der Waals surface area (Å²) in [6, 6.07) is 4.90. The quantitative estimate of drug-likeness (QED) is 0.841. The number of amides is 2. The summed E-state index contributed by atoms with van der Waals surface area (Å²) >= 11 is 11.8. The van der Waals surface area contributed by atoms with Crippen LogP contribution in [0, 0.1) is 5.92 Å². The van der Waals surface area contributed by atoms with Crippen LogP contribution in [0.25, 0.3) is 0 Å². The normalized spacial score (nSPS) is 11.8. The van der Waals surface area contributed by atoms with Gasteiger partial charge in [0.25, 0.3) is 0 Å². The van der Waals surface area contributed by atoms with Gasteiger partial charge in [0, 0.05) is 30.2 Å². The van der Waals surface area contributed by atoms with E-state index in [0.29, 0.717) is 23.0 Å². The Morgan fingerprint density at radius 1 is 1.38 bits per heavy atom. The third-order valence-electron chi connectivity index (χ3n) is 3.00. The topological polar surface area (TPSA) is 69.6 Å². The molecule has 0 aliphatic rings. The summed E-state index contributed by atoms with van der Waals surface area (Å²) in [5, 5.41) is 12.7. The van der Waals surface area contributed by atoms with Gasteiger partial charge in [0.1, 0.15) is 0 Å². The molecule has 0 saturated heterocycles. The Morgan fingerprint density at radius 2 is 2.05 bits per heavy atom. The third kappa shape index (κ3) is 5.81. The number of benzene rings is 1. The number of rotatable bonds is 6. The predicted molar refractivity (Wildman–Crippen MR) is 83.0 cm³/mol. The second-order valence-electron chi connectivity index (χ2n) is 4.84. The predicted octanol–water partition coefficient (Wildman–Crippen LogP) is 2.90. The largest absolute Gasteiger partial charge is 0.481 e. The molecule has 5 nitrogen and oxygen atoms in total. The molecule has 1 atom stereocenters. The zero-order chi connectivity index (χ0) is 16.0. The molecule has 0 saturated carbocycles. The number of hydrogen-bond donors (Lipinski definition) is 2. The first-order valence-electron chi connectivity index (χ1n) is 6.47. The van der Waals surface area contributed by atoms with Crippen molar-refractivity contribution >= 4 is 35.2 Å². The molecule has 0 radical (unpaired) electrons. The highest BCUT2D eigenvalue weighted by Crippen LogP contribution is 2.21. The summed E-state index contributed by atoms with van der Waals surface area (Å²) in [7, 11) is 1.56. The summed E-state index contributed by atoms with van der Waals surface area (Å²) in [4.78, 5) is 23.9. The molecule has 1 rings (SSSR count). The maximum absolute atomic E-state index is 11.8. The molecule has 21 heavy (non-hydrogen) atoms. The maximum Gasteiger partial charge on any atom is 0.317 e. The third-order valence-corrected chi connectivity index (χ3v) is 3.59. The molecule has 2 N–H and O–H groups in total. The average Bonchev–Trinajstić information content (AvgIpc) is 2.40. The molecule has 0 aliphatic carbocycles. The first kappa shape index (κ1) is 17.6. The van der Waals surface area contributed by atoms with Crippen LogP contribution in [0.5, 0.6) is 0 Å². The van der Waals surface area contributed by atoms with Crippen LogP contribution < -0.4 is 5.32 Å². The highest BCUT2D eigenvalue weighted by atomic mass is 35.5. The van der Waals surface area contributed by atoms with Gasteiger partial charge < -0.3 is 15.3 Å². The molecule has 7 heteroatoms. The molecule has 0 aliphatic heterocycles. The number of carbonyl (C=O) groups is 2. The molecule has 1 aromatic rings. The number of carbonyl (C=O) groups excluding carboxylic acids is 1. The van der Waals surface area contributed by atoms with Gasteiger partial charge in [0.15, 0.2) is 0 Å². The van der Waals surface area contributed by atoms with Gasteiger partial charge in [-0.3, -0.25) is 4.79 Å². The fourth-order valence-electron chi connectivity index (χ4n) is 1.74. The van der Waals surface area contributed by atoms with Crippen molar-refractivity contribution in [3.63, 3.8) is 0 Å². The Balaban J connectivity index is 2.41. The van der Waals surface area contributed by atoms with Gasteiger partial charge in [0.2, 0.25) is 0 Å². The number of nitrogens with zero attached hydrogens (tertiary/aromatic N) is 1. The van der Waals surface area contributed by atoms with E-state index in [1.54, 1.807) is 26.1 Å². The standard InChI is InChI=1S/C14H18Cl2N2O3/c1-9(13(19)20)8-18(2)14(21)17-6-5-10-3-4-11(15)7-12(10)16/h3-4,7,9H,5-6,8H2,1-2H3,(H,17,21)(H,19,20). The average molecular weight is 333 g/mol. The van der Waals surface area contributed by atoms with Crippen molar-refractivity contribution in [2.45, 2.75) is 13.3 Å². The van der Waals surface area contributed by atoms with E-state index < -0.39 is 11.9 Å². The van der Waals surface area contributed by atoms with E-state index in [4.69, 9.17) is 28.3 Å². The van der Waals surface area contributed by atoms with Gasteiger partial charge in [-0.1, -0.05) is 36.2 Å². The molecule has 0 aromatic heterocycles. The molecule has 2 amide bonds. The lowest BCUT2D eigenvalue weighted by Crippen LogP contribution is -2.41. The Kier molecular flexibility index (Phi) is 6.78. The Hall–Kier alpha value is -1.46. The van der Waals surface area contributed by atoms with Gasteiger partial charge in [-0.05, 0) is 24.1 Å². The Bertz CT molecular complexity index is 523. The van der Waals surface area contributed by atoms with Gasteiger partial charge in [-0.25, -0.2) is 4.79 Å². The number of halogens is 2. The summed E-state index contributed by atoms with van der Waals surface area (Å²) in [6.45, 7) is 2.12. The van der Waals surface area contributed by atoms with Crippen LogP contribution in [-0.2, 0) is 11.2 Å². The molecule has 0 heterocycles. The first-order valence-corrected chi connectivity index (χ1v) is 7.22. The fraction of sp³-hybridized carbons (Fsp3) is 0.429. The first-order chi connectivity index (χ1) is 9.81. The van der Waals surface area contributed by atoms with E-state index in [2.05, 4.69) is 5.32 Å². The van der Waals surface area contributed by atoms with Crippen molar-refractivity contribution in [2.75, 3.05) is 20.1 Å². The second kappa shape index (κ2) is 8.10. The smallest absolute Gasteiger partial charge is 0.317 e. The van der Waals surface area contributed by atoms with Crippen LogP contribution in [-0.4, -0.2) is 42.1 Å². The summed E-state index contributed by atoms with van der Waals surface area (Å²) in [5.74, 6) is -1.53. The van der Waals surface area contributed by atoms with Crippen LogP contribution in [0.4, 0.5) is 4.79 Å². The zero-order valence-electron chi connectivity index (χ0n) is 11.9. The number of nitrogens with one attached hydrogen (secondary N) is 1. The van der Waals surface area contributed by atoms with Crippen molar-refractivity contribution in [1.29, 1.82) is 0 Å². The summed E-state index contributed by atoms with van der Waals surface area (Å²) < 4.78 is 0. The van der Waals surface area contributed by atoms with Gasteiger partial charge in [0.05, 0.1) is 5.92 Å². The van der Waals surface area contributed by atoms with Crippen LogP contribution in [0.2, 0.25) is 10.0 Å². The molecule has 1 aromatic carbocycles. The monoisotopic (exact) mass is 332 g/mol. The number of urea groups is 1. The summed E-state index contributed by atoms with van der Waals surface area (Å²) in [6.07, 6.45) is 0.573. The van der Waals surface area contributed by atoms with Gasteiger partial charge in [-0.2, -0.15) is 0 Å². The van der Waals surface area contributed by atoms with E-state index >= 15 is 0 Å². The maximum atomic E-state index is 11.8. The number of hydrogen-bond acceptors (Lipinski definition) is 2. The lowest BCUT2D eigenvalue weighted by atomic mass is 10.1. The number of carboxylic acid groups (broad SMARTS) is 1. The van der Waals surface area contributed by atoms with E-state index in [1.807, 2.05) is 6.07 Å². The zero-order valence-corrected chi connectivity index (χ0v) is 13.4. The molecule has 0 spiro atoms. The molecule has 0 fully saturated rings. The van der Waals surface area contributed by atoms with Crippen LogP contribution in [0.15, 0.2) is 18.2 Å². The second-order valence-corrected chi connectivity index (χ2v) is 5.68. The minimum absolute atomic E-state index is 0.156. The van der Waals surface area contributed by atoms with Crippen molar-refractivity contribution in [3.05, 3.63) is 33.8 Å². The number of aliphatic carboxylic acids is 1. The van der Waals surface area contributed by atoms with Gasteiger partial charge in [-0.15, -0.1) is 0 Å². The molecular formula is C14H18Cl2N2O3. The summed E-state index contributed by atoms with van der Waals surface area (Å²) in [5.41, 5.74) is 0.892. The Labute approximate surface area is 133 Å². The van der Waals surface area contributed by atoms with Crippen LogP contribution in [0.3, 0.4) is 0 Å². The van der Waals surface area contributed by atoms with E-state index in [0.717, 1.165) is 5.56 Å². The number of carboxylic acids is 1. The molecular weight excluding hydrogens is 315 g/mol. The fourth-order valence-corrected chi connectivity index (χ4v) is 2.24. The highest BCUT2D eigenvalue weighted by Gasteiger charge is 2.16. The highest BCUT2D eigenvalue weighted by molar-refractivity contribution is 6.35. The molecule has 116 valence electrons. The lowest BCUT2D eigenvalue weighted by molar-refractivity contribution is -0.141. The van der Waals surface area contributed by atoms with Gasteiger partial charge >= 0.3 is 12.0 Å². The minimum atomic E-state index is -0.928. The SMILES string of the molecule is CC(CN(C)C(=O)NCCc1ccc(Cl)cc1Cl)C(=O)O. The van der Waals surface area contributed by atoms with Crippen molar-refractivity contribution in [2.24, 2.45) is 5.92 Å². The van der Waals surface area contributed by atoms with Crippen LogP contribution in [0.1, 0.15) is 12.5 Å². The van der Waals surface area contributed by atoms with Crippen molar-refractivity contribution in [3.8, 4) is 0 Å². The van der Waals surface area contributed by atoms with E-state index in [-0.39, 0.29) is 12.6 Å².